The number of hydrogen-bond donors (Lipinski definition) is 3. The van der Waals surface area contributed by atoms with Crippen LogP contribution in [0.25, 0.3) is 0 Å². The van der Waals surface area contributed by atoms with Crippen LogP contribution >= 0.6 is 0 Å². The highest BCUT2D eigenvalue weighted by Gasteiger charge is 2.48. The lowest BCUT2D eigenvalue weighted by molar-refractivity contribution is -0.140. The van der Waals surface area contributed by atoms with Crippen LogP contribution in [0.5, 0.6) is 5.75 Å². The van der Waals surface area contributed by atoms with Crippen molar-refractivity contribution in [2.75, 3.05) is 49.0 Å². The fourth-order valence-electron chi connectivity index (χ4n) is 4.43. The maximum Gasteiger partial charge on any atom is 0.342 e. The number of benzene rings is 1. The van der Waals surface area contributed by atoms with E-state index in [1.807, 2.05) is 0 Å². The molecule has 1 fully saturated rings. The van der Waals surface area contributed by atoms with Crippen molar-refractivity contribution in [3.05, 3.63) is 30.0 Å². The molecule has 3 N–H and O–H groups in total. The minimum atomic E-state index is -3.55. The van der Waals surface area contributed by atoms with Gasteiger partial charge in [0.2, 0.25) is 5.95 Å². The Morgan fingerprint density at radius 3 is 2.74 bits per heavy atom. The molecule has 2 aromatic rings. The first-order valence-electron chi connectivity index (χ1n) is 11.4. The SMILES string of the molecule is COc1cc(C(=O)NCCO)ccc1Nc1ncc2c(n1)N(C1CCCC1)CC(F)(F)C(=O)N2C. The number of hydrogen-bond acceptors (Lipinski definition) is 8. The molecule has 0 bridgehead atoms. The number of fused-ring (bicyclic) bond motifs is 1. The fraction of sp³-hybridized carbons (Fsp3) is 0.478. The standard InChI is InChI=1S/C23H28F2N6O4/c1-30-17-12-27-22(28-16-8-7-14(11-18(16)35-2)20(33)26-9-10-32)29-19(17)31(15-5-3-4-6-15)13-23(24,25)21(30)34/h7-8,11-12,15,32H,3-6,9-10,13H2,1-2H3,(H,26,33)(H,27,28,29). The Kier molecular flexibility index (Phi) is 7.01. The van der Waals surface area contributed by atoms with Gasteiger partial charge in [0.25, 0.3) is 11.8 Å². The van der Waals surface area contributed by atoms with Gasteiger partial charge >= 0.3 is 5.92 Å². The number of aromatic nitrogens is 2. The number of amides is 2. The first-order valence-corrected chi connectivity index (χ1v) is 11.4. The number of carbonyl (C=O) groups is 2. The van der Waals surface area contributed by atoms with E-state index in [-0.39, 0.29) is 42.6 Å². The summed E-state index contributed by atoms with van der Waals surface area (Å²) in [5.41, 5.74) is 1.01. The van der Waals surface area contributed by atoms with E-state index < -0.39 is 18.4 Å². The summed E-state index contributed by atoms with van der Waals surface area (Å²) in [6, 6.07) is 4.56. The smallest absolute Gasteiger partial charge is 0.342 e. The fourth-order valence-corrected chi connectivity index (χ4v) is 4.43. The van der Waals surface area contributed by atoms with Gasteiger partial charge in [-0.3, -0.25) is 9.59 Å². The van der Waals surface area contributed by atoms with E-state index in [0.717, 1.165) is 30.6 Å². The molecule has 2 aliphatic rings. The van der Waals surface area contributed by atoms with E-state index in [4.69, 9.17) is 9.84 Å². The van der Waals surface area contributed by atoms with E-state index in [0.29, 0.717) is 17.0 Å². The number of carbonyl (C=O) groups excluding carboxylic acids is 2. The average molecular weight is 491 g/mol. The van der Waals surface area contributed by atoms with E-state index in [1.165, 1.54) is 31.3 Å². The van der Waals surface area contributed by atoms with E-state index >= 15 is 0 Å². The average Bonchev–Trinajstić information content (AvgIpc) is 3.37. The van der Waals surface area contributed by atoms with Crippen molar-refractivity contribution in [2.24, 2.45) is 0 Å². The molecule has 1 aliphatic heterocycles. The van der Waals surface area contributed by atoms with Crippen LogP contribution in [0, 0.1) is 0 Å². The maximum absolute atomic E-state index is 14.7. The van der Waals surface area contributed by atoms with Crippen molar-refractivity contribution in [3.8, 4) is 5.75 Å². The van der Waals surface area contributed by atoms with E-state index in [1.54, 1.807) is 12.1 Å². The lowest BCUT2D eigenvalue weighted by Gasteiger charge is -2.31. The third-order valence-electron chi connectivity index (χ3n) is 6.24. The summed E-state index contributed by atoms with van der Waals surface area (Å²) in [5.74, 6) is -4.48. The summed E-state index contributed by atoms with van der Waals surface area (Å²) in [4.78, 5) is 35.8. The Bertz CT molecular complexity index is 1110. The number of alkyl halides is 2. The number of anilines is 4. The Morgan fingerprint density at radius 2 is 2.06 bits per heavy atom. The first-order chi connectivity index (χ1) is 16.7. The van der Waals surface area contributed by atoms with Crippen LogP contribution < -0.4 is 25.2 Å². The molecule has 0 unspecified atom stereocenters. The highest BCUT2D eigenvalue weighted by atomic mass is 19.3. The minimum Gasteiger partial charge on any atom is -0.495 e. The lowest BCUT2D eigenvalue weighted by atomic mass is 10.1. The molecular weight excluding hydrogens is 462 g/mol. The van der Waals surface area contributed by atoms with Crippen LogP contribution in [-0.2, 0) is 4.79 Å². The molecule has 1 aromatic carbocycles. The molecule has 0 radical (unpaired) electrons. The number of methoxy groups -OCH3 is 1. The molecule has 0 saturated heterocycles. The minimum absolute atomic E-state index is 0.123. The van der Waals surface area contributed by atoms with Crippen LogP contribution in [0.2, 0.25) is 0 Å². The van der Waals surface area contributed by atoms with Crippen molar-refractivity contribution in [1.82, 2.24) is 15.3 Å². The summed E-state index contributed by atoms with van der Waals surface area (Å²) < 4.78 is 34.9. The predicted octanol–water partition coefficient (Wildman–Crippen LogP) is 2.31. The van der Waals surface area contributed by atoms with Gasteiger partial charge < -0.3 is 30.3 Å². The number of aliphatic hydroxyl groups excluding tert-OH is 1. The van der Waals surface area contributed by atoms with Gasteiger partial charge in [-0.15, -0.1) is 0 Å². The molecule has 4 rings (SSSR count). The molecule has 35 heavy (non-hydrogen) atoms. The van der Waals surface area contributed by atoms with Crippen molar-refractivity contribution >= 4 is 35.0 Å². The third-order valence-corrected chi connectivity index (χ3v) is 6.24. The summed E-state index contributed by atoms with van der Waals surface area (Å²) in [7, 11) is 2.74. The molecule has 1 aromatic heterocycles. The third kappa shape index (κ3) is 4.97. The van der Waals surface area contributed by atoms with Crippen molar-refractivity contribution in [3.63, 3.8) is 0 Å². The molecule has 1 aliphatic carbocycles. The van der Waals surface area contributed by atoms with Gasteiger partial charge in [0.1, 0.15) is 11.4 Å². The Balaban J connectivity index is 1.67. The summed E-state index contributed by atoms with van der Waals surface area (Å²) >= 11 is 0. The molecular formula is C23H28F2N6O4. The largest absolute Gasteiger partial charge is 0.495 e. The number of aliphatic hydroxyl groups is 1. The van der Waals surface area contributed by atoms with E-state index in [2.05, 4.69) is 20.6 Å². The van der Waals surface area contributed by atoms with Crippen LogP contribution in [0.4, 0.5) is 31.9 Å². The van der Waals surface area contributed by atoms with Gasteiger partial charge in [-0.2, -0.15) is 13.8 Å². The molecule has 2 heterocycles. The molecule has 188 valence electrons. The summed E-state index contributed by atoms with van der Waals surface area (Å²) in [5, 5.41) is 14.5. The van der Waals surface area contributed by atoms with Crippen molar-refractivity contribution < 1.29 is 28.2 Å². The Hall–Kier alpha value is -3.54. The Labute approximate surface area is 201 Å². The highest BCUT2D eigenvalue weighted by Crippen LogP contribution is 2.40. The second-order valence-electron chi connectivity index (χ2n) is 8.56. The van der Waals surface area contributed by atoms with Crippen molar-refractivity contribution in [1.29, 1.82) is 0 Å². The lowest BCUT2D eigenvalue weighted by Crippen LogP contribution is -2.48. The van der Waals surface area contributed by atoms with Gasteiger partial charge in [0, 0.05) is 25.2 Å². The molecule has 0 atom stereocenters. The Morgan fingerprint density at radius 1 is 1.31 bits per heavy atom. The molecule has 2 amide bonds. The normalized spacial score (nSPS) is 17.7. The van der Waals surface area contributed by atoms with E-state index in [9.17, 15) is 18.4 Å². The second-order valence-corrected chi connectivity index (χ2v) is 8.56. The van der Waals surface area contributed by atoms with Gasteiger partial charge in [-0.1, -0.05) is 12.8 Å². The number of halogens is 2. The molecule has 1 saturated carbocycles. The number of ether oxygens (including phenoxy) is 1. The summed E-state index contributed by atoms with van der Waals surface area (Å²) in [6.45, 7) is -0.800. The van der Waals surface area contributed by atoms with Gasteiger partial charge in [0.15, 0.2) is 5.82 Å². The van der Waals surface area contributed by atoms with Crippen molar-refractivity contribution in [2.45, 2.75) is 37.6 Å². The first kappa shape index (κ1) is 24.6. The molecule has 0 spiro atoms. The number of nitrogens with one attached hydrogen (secondary N) is 2. The van der Waals surface area contributed by atoms with Crippen LogP contribution in [-0.4, -0.2) is 72.7 Å². The van der Waals surface area contributed by atoms with Crippen LogP contribution in [0.15, 0.2) is 24.4 Å². The summed E-state index contributed by atoms with van der Waals surface area (Å²) in [6.07, 6.45) is 4.70. The maximum atomic E-state index is 14.7. The molecule has 12 heteroatoms. The predicted molar refractivity (Wildman–Crippen MR) is 126 cm³/mol. The zero-order chi connectivity index (χ0) is 25.2. The monoisotopic (exact) mass is 490 g/mol. The molecule has 10 nitrogen and oxygen atoms in total. The highest BCUT2D eigenvalue weighted by molar-refractivity contribution is 6.02. The zero-order valence-electron chi connectivity index (χ0n) is 19.6. The van der Waals surface area contributed by atoms with Gasteiger partial charge in [-0.25, -0.2) is 4.98 Å². The quantitative estimate of drug-likeness (QED) is 0.541. The second kappa shape index (κ2) is 9.98. The van der Waals surface area contributed by atoms with Gasteiger partial charge in [0.05, 0.1) is 32.1 Å². The topological polar surface area (TPSA) is 120 Å². The number of rotatable bonds is 7. The van der Waals surface area contributed by atoms with Gasteiger partial charge in [-0.05, 0) is 31.0 Å². The van der Waals surface area contributed by atoms with Crippen LogP contribution in [0.3, 0.4) is 0 Å². The zero-order valence-corrected chi connectivity index (χ0v) is 19.6. The van der Waals surface area contributed by atoms with Crippen LogP contribution in [0.1, 0.15) is 36.0 Å². The number of nitrogens with zero attached hydrogens (tertiary/aromatic N) is 4.